The summed E-state index contributed by atoms with van der Waals surface area (Å²) in [6, 6.07) is 12.5. The maximum Gasteiger partial charge on any atom is 0.282 e. The summed E-state index contributed by atoms with van der Waals surface area (Å²) in [7, 11) is 1.56. The predicted octanol–water partition coefficient (Wildman–Crippen LogP) is 3.68. The van der Waals surface area contributed by atoms with E-state index in [1.807, 2.05) is 6.07 Å². The van der Waals surface area contributed by atoms with Crippen LogP contribution in [-0.4, -0.2) is 18.9 Å². The molecular formula is C17H12Br2N2O3. The zero-order chi connectivity index (χ0) is 17.3. The molecule has 0 aromatic heterocycles. The molecule has 0 unspecified atom stereocenters. The number of nitrogens with zero attached hydrogens (tertiary/aromatic N) is 1. The van der Waals surface area contributed by atoms with Crippen molar-refractivity contribution in [2.75, 3.05) is 12.1 Å². The Morgan fingerprint density at radius 3 is 2.29 bits per heavy atom. The lowest BCUT2D eigenvalue weighted by Gasteiger charge is -2.13. The average molecular weight is 452 g/mol. The lowest BCUT2D eigenvalue weighted by Crippen LogP contribution is -2.35. The van der Waals surface area contributed by atoms with Gasteiger partial charge in [0.05, 0.1) is 21.7 Å². The number of hydrogen-bond donors (Lipinski definition) is 1. The molecule has 1 fully saturated rings. The van der Waals surface area contributed by atoms with E-state index in [4.69, 9.17) is 4.74 Å². The average Bonchev–Trinajstić information content (AvgIpc) is 2.84. The predicted molar refractivity (Wildman–Crippen MR) is 98.4 cm³/mol. The van der Waals surface area contributed by atoms with E-state index >= 15 is 0 Å². The number of ether oxygens (including phenoxy) is 1. The minimum atomic E-state index is -0.438. The Balaban J connectivity index is 1.96. The van der Waals surface area contributed by atoms with Crippen LogP contribution >= 0.6 is 31.9 Å². The first-order chi connectivity index (χ1) is 11.5. The van der Waals surface area contributed by atoms with Crippen molar-refractivity contribution in [3.8, 4) is 5.75 Å². The summed E-state index contributed by atoms with van der Waals surface area (Å²) in [5, 5.41) is 1.24. The SMILES string of the molecule is COc1c(Br)cc(C=C2C(=O)NN(c3ccccc3)C2=O)cc1Br. The van der Waals surface area contributed by atoms with Crippen LogP contribution in [0.1, 0.15) is 5.56 Å². The van der Waals surface area contributed by atoms with Gasteiger partial charge in [-0.1, -0.05) is 18.2 Å². The molecule has 7 heteroatoms. The number of rotatable bonds is 3. The number of benzene rings is 2. The summed E-state index contributed by atoms with van der Waals surface area (Å²) in [5.74, 6) is -0.188. The van der Waals surface area contributed by atoms with Crippen LogP contribution in [0.15, 0.2) is 57.0 Å². The van der Waals surface area contributed by atoms with Crippen LogP contribution in [0.5, 0.6) is 5.75 Å². The van der Waals surface area contributed by atoms with E-state index in [1.54, 1.807) is 49.6 Å². The van der Waals surface area contributed by atoms with Gasteiger partial charge >= 0.3 is 0 Å². The molecular weight excluding hydrogens is 440 g/mol. The molecule has 1 N–H and O–H groups in total. The zero-order valence-corrected chi connectivity index (χ0v) is 15.7. The molecule has 0 atom stereocenters. The van der Waals surface area contributed by atoms with Crippen molar-refractivity contribution in [3.63, 3.8) is 0 Å². The Hall–Kier alpha value is -2.12. The van der Waals surface area contributed by atoms with Crippen LogP contribution in [0, 0.1) is 0 Å². The summed E-state index contributed by atoms with van der Waals surface area (Å²) in [4.78, 5) is 24.7. The standard InChI is InChI=1S/C17H12Br2N2O3/c1-24-15-13(18)8-10(9-14(15)19)7-12-16(22)20-21(17(12)23)11-5-3-2-4-6-11/h2-9H,1H3,(H,20,22). The van der Waals surface area contributed by atoms with Crippen LogP contribution in [0.25, 0.3) is 6.08 Å². The summed E-state index contributed by atoms with van der Waals surface area (Å²) in [6.07, 6.45) is 1.55. The molecule has 0 spiro atoms. The van der Waals surface area contributed by atoms with E-state index < -0.39 is 11.8 Å². The van der Waals surface area contributed by atoms with Crippen LogP contribution in [-0.2, 0) is 9.59 Å². The zero-order valence-electron chi connectivity index (χ0n) is 12.5. The Kier molecular flexibility index (Phi) is 4.73. The highest BCUT2D eigenvalue weighted by molar-refractivity contribution is 9.11. The Morgan fingerprint density at radius 1 is 1.08 bits per heavy atom. The highest BCUT2D eigenvalue weighted by Crippen LogP contribution is 2.35. The first-order valence-corrected chi connectivity index (χ1v) is 8.55. The topological polar surface area (TPSA) is 58.6 Å². The molecule has 0 bridgehead atoms. The van der Waals surface area contributed by atoms with Gasteiger partial charge in [0.15, 0.2) is 0 Å². The lowest BCUT2D eigenvalue weighted by atomic mass is 10.1. The highest BCUT2D eigenvalue weighted by Gasteiger charge is 2.34. The van der Waals surface area contributed by atoms with Crippen LogP contribution < -0.4 is 15.2 Å². The van der Waals surface area contributed by atoms with Gasteiger partial charge in [-0.3, -0.25) is 15.0 Å². The van der Waals surface area contributed by atoms with Crippen LogP contribution in [0.4, 0.5) is 5.69 Å². The molecule has 1 aliphatic heterocycles. The van der Waals surface area contributed by atoms with E-state index in [1.165, 1.54) is 5.01 Å². The fraction of sp³-hybridized carbons (Fsp3) is 0.0588. The molecule has 2 amide bonds. The molecule has 1 heterocycles. The largest absolute Gasteiger partial charge is 0.494 e. The number of carbonyl (C=O) groups is 2. The molecule has 5 nitrogen and oxygen atoms in total. The smallest absolute Gasteiger partial charge is 0.282 e. The fourth-order valence-corrected chi connectivity index (χ4v) is 3.89. The summed E-state index contributed by atoms with van der Waals surface area (Å²) < 4.78 is 6.69. The fourth-order valence-electron chi connectivity index (χ4n) is 2.34. The molecule has 1 aliphatic rings. The van der Waals surface area contributed by atoms with Gasteiger partial charge in [-0.25, -0.2) is 5.01 Å². The number of anilines is 1. The molecule has 0 radical (unpaired) electrons. The van der Waals surface area contributed by atoms with Gasteiger partial charge in [0.1, 0.15) is 11.3 Å². The van der Waals surface area contributed by atoms with Crippen molar-refractivity contribution in [2.45, 2.75) is 0 Å². The Labute approximate surface area is 155 Å². The minimum Gasteiger partial charge on any atom is -0.494 e. The quantitative estimate of drug-likeness (QED) is 0.572. The number of amides is 2. The second-order valence-corrected chi connectivity index (χ2v) is 6.70. The molecule has 0 aliphatic carbocycles. The second-order valence-electron chi connectivity index (χ2n) is 4.99. The monoisotopic (exact) mass is 450 g/mol. The van der Waals surface area contributed by atoms with Crippen molar-refractivity contribution in [1.29, 1.82) is 0 Å². The Bertz CT molecular complexity index is 827. The number of nitrogens with one attached hydrogen (secondary N) is 1. The number of para-hydroxylation sites is 1. The summed E-state index contributed by atoms with van der Waals surface area (Å²) in [5.41, 5.74) is 3.95. The number of methoxy groups -OCH3 is 1. The molecule has 2 aromatic carbocycles. The van der Waals surface area contributed by atoms with Crippen LogP contribution in [0.2, 0.25) is 0 Å². The van der Waals surface area contributed by atoms with E-state index in [0.717, 1.165) is 8.95 Å². The van der Waals surface area contributed by atoms with Crippen molar-refractivity contribution in [2.24, 2.45) is 0 Å². The van der Waals surface area contributed by atoms with E-state index in [0.29, 0.717) is 17.0 Å². The third-order valence-electron chi connectivity index (χ3n) is 3.44. The van der Waals surface area contributed by atoms with Crippen LogP contribution in [0.3, 0.4) is 0 Å². The Morgan fingerprint density at radius 2 is 1.71 bits per heavy atom. The number of hydrazine groups is 1. The van der Waals surface area contributed by atoms with Gasteiger partial charge in [-0.05, 0) is 67.8 Å². The second kappa shape index (κ2) is 6.78. The van der Waals surface area contributed by atoms with Gasteiger partial charge in [-0.2, -0.15) is 0 Å². The highest BCUT2D eigenvalue weighted by atomic mass is 79.9. The molecule has 1 saturated heterocycles. The molecule has 0 saturated carbocycles. The van der Waals surface area contributed by atoms with E-state index in [9.17, 15) is 9.59 Å². The molecule has 24 heavy (non-hydrogen) atoms. The normalized spacial score (nSPS) is 15.8. The maximum absolute atomic E-state index is 12.5. The van der Waals surface area contributed by atoms with Crippen molar-refractivity contribution >= 4 is 55.4 Å². The molecule has 3 rings (SSSR count). The van der Waals surface area contributed by atoms with Crippen molar-refractivity contribution in [3.05, 3.63) is 62.5 Å². The molecule has 2 aromatic rings. The van der Waals surface area contributed by atoms with Crippen molar-refractivity contribution < 1.29 is 14.3 Å². The van der Waals surface area contributed by atoms with Gasteiger partial charge < -0.3 is 4.74 Å². The van der Waals surface area contributed by atoms with Gasteiger partial charge in [-0.15, -0.1) is 0 Å². The number of carbonyl (C=O) groups excluding carboxylic acids is 2. The van der Waals surface area contributed by atoms with E-state index in [2.05, 4.69) is 37.3 Å². The molecule has 122 valence electrons. The third-order valence-corrected chi connectivity index (χ3v) is 4.62. The minimum absolute atomic E-state index is 0.0721. The number of hydrogen-bond acceptors (Lipinski definition) is 3. The summed E-state index contributed by atoms with van der Waals surface area (Å²) in [6.45, 7) is 0. The lowest BCUT2D eigenvalue weighted by molar-refractivity contribution is -0.117. The summed E-state index contributed by atoms with van der Waals surface area (Å²) >= 11 is 6.81. The third kappa shape index (κ3) is 3.09. The maximum atomic E-state index is 12.5. The van der Waals surface area contributed by atoms with Gasteiger partial charge in [0, 0.05) is 0 Å². The van der Waals surface area contributed by atoms with Gasteiger partial charge in [0.25, 0.3) is 11.8 Å². The first kappa shape index (κ1) is 16.7. The first-order valence-electron chi connectivity index (χ1n) is 6.96. The van der Waals surface area contributed by atoms with E-state index in [-0.39, 0.29) is 5.57 Å². The van der Waals surface area contributed by atoms with Crippen molar-refractivity contribution in [1.82, 2.24) is 5.43 Å². The number of halogens is 2. The van der Waals surface area contributed by atoms with Gasteiger partial charge in [0.2, 0.25) is 0 Å².